The Labute approximate surface area is 317 Å². The maximum Gasteiger partial charge on any atom is 0.0711 e. The summed E-state index contributed by atoms with van der Waals surface area (Å²) in [4.78, 5) is 2.58. The summed E-state index contributed by atoms with van der Waals surface area (Å²) >= 11 is 0. The molecule has 3 aliphatic carbocycles. The summed E-state index contributed by atoms with van der Waals surface area (Å²) in [5, 5.41) is 0. The third-order valence-corrected chi connectivity index (χ3v) is 12.2. The second kappa shape index (κ2) is 11.9. The van der Waals surface area contributed by atoms with Crippen molar-refractivity contribution in [3.05, 3.63) is 246 Å². The largest absolute Gasteiger partial charge is 0.312 e. The van der Waals surface area contributed by atoms with Crippen LogP contribution in [-0.2, 0) is 5.41 Å². The zero-order chi connectivity index (χ0) is 35.7. The van der Waals surface area contributed by atoms with Gasteiger partial charge in [0.2, 0.25) is 0 Å². The first-order valence-electron chi connectivity index (χ1n) is 19.0. The molecule has 0 radical (unpaired) electrons. The van der Waals surface area contributed by atoms with Crippen LogP contribution in [0.25, 0.3) is 39.0 Å². The molecule has 2 unspecified atom stereocenters. The smallest absolute Gasteiger partial charge is 0.0711 e. The molecule has 1 aliphatic heterocycles. The third-order valence-electron chi connectivity index (χ3n) is 12.2. The lowest BCUT2D eigenvalue weighted by atomic mass is 9.62. The standard InChI is InChI=1S/C53H37N/c1-5-16-37(17-6-1)40-27-31-50(46(34-40)38-18-7-2-8-19-38)54-43-28-29-45-44-25-13-14-26-48(44)53(49(45)35-43,41-22-11-4-12-23-41)42-24-15-33-52(36-42)47(30-32-51(52)54)39-20-9-3-10-21-39/h1-32,34-36H,33H2. The summed E-state index contributed by atoms with van der Waals surface area (Å²) in [7, 11) is 0. The van der Waals surface area contributed by atoms with E-state index in [0.717, 1.165) is 6.42 Å². The van der Waals surface area contributed by atoms with Gasteiger partial charge in [-0.15, -0.1) is 0 Å². The summed E-state index contributed by atoms with van der Waals surface area (Å²) in [6.45, 7) is 0. The molecule has 4 aliphatic rings. The molecule has 4 bridgehead atoms. The normalized spacial score (nSPS) is 20.1. The second-order valence-corrected chi connectivity index (χ2v) is 14.9. The van der Waals surface area contributed by atoms with E-state index >= 15 is 0 Å². The molecule has 254 valence electrons. The Bertz CT molecular complexity index is 2720. The lowest BCUT2D eigenvalue weighted by Gasteiger charge is -2.42. The minimum absolute atomic E-state index is 0.427. The van der Waals surface area contributed by atoms with Gasteiger partial charge in [0.05, 0.1) is 16.5 Å². The van der Waals surface area contributed by atoms with Gasteiger partial charge < -0.3 is 4.90 Å². The highest BCUT2D eigenvalue weighted by atomic mass is 15.2. The molecule has 7 aromatic carbocycles. The van der Waals surface area contributed by atoms with Crippen LogP contribution in [0.4, 0.5) is 11.4 Å². The number of rotatable bonds is 5. The van der Waals surface area contributed by atoms with Crippen molar-refractivity contribution in [1.82, 2.24) is 0 Å². The first-order valence-corrected chi connectivity index (χ1v) is 19.0. The molecular weight excluding hydrogens is 651 g/mol. The lowest BCUT2D eigenvalue weighted by molar-refractivity contribution is 0.590. The third kappa shape index (κ3) is 4.33. The van der Waals surface area contributed by atoms with Crippen molar-refractivity contribution in [2.45, 2.75) is 11.8 Å². The summed E-state index contributed by atoms with van der Waals surface area (Å²) in [5.74, 6) is 0. The topological polar surface area (TPSA) is 3.24 Å². The fourth-order valence-corrected chi connectivity index (χ4v) is 9.87. The molecule has 7 aromatic rings. The van der Waals surface area contributed by atoms with E-state index in [4.69, 9.17) is 0 Å². The van der Waals surface area contributed by atoms with E-state index in [0.29, 0.717) is 0 Å². The zero-order valence-corrected chi connectivity index (χ0v) is 29.9. The molecule has 1 nitrogen and oxygen atoms in total. The highest BCUT2D eigenvalue weighted by Crippen LogP contribution is 2.64. The molecule has 2 atom stereocenters. The summed E-state index contributed by atoms with van der Waals surface area (Å²) in [6, 6.07) is 67.3. The van der Waals surface area contributed by atoms with Crippen molar-refractivity contribution < 1.29 is 0 Å². The summed E-state index contributed by atoms with van der Waals surface area (Å²) in [5.41, 5.74) is 18.0. The van der Waals surface area contributed by atoms with Crippen molar-refractivity contribution in [2.75, 3.05) is 4.90 Å². The number of hydrogen-bond donors (Lipinski definition) is 0. The van der Waals surface area contributed by atoms with Crippen LogP contribution in [0.5, 0.6) is 0 Å². The fraction of sp³-hybridized carbons (Fsp3) is 0.0566. The molecule has 0 N–H and O–H groups in total. The number of benzene rings is 7. The van der Waals surface area contributed by atoms with Gasteiger partial charge in [0.1, 0.15) is 0 Å². The van der Waals surface area contributed by atoms with Gasteiger partial charge in [-0.2, -0.15) is 0 Å². The summed E-state index contributed by atoms with van der Waals surface area (Å²) < 4.78 is 0. The molecule has 0 saturated heterocycles. The van der Waals surface area contributed by atoms with Gasteiger partial charge in [0, 0.05) is 16.9 Å². The van der Waals surface area contributed by atoms with E-state index in [1.807, 2.05) is 0 Å². The van der Waals surface area contributed by atoms with E-state index in [1.54, 1.807) is 0 Å². The SMILES string of the molecule is C1=CC2=CC3(C1)C(c1ccccc1)=CC=C3N(c1ccc(-c3ccccc3)cc1-c1ccccc1)c1ccc3c(c1)C2(c1ccccc1)c1ccccc1-3. The molecule has 1 heterocycles. The molecule has 0 saturated carbocycles. The maximum atomic E-state index is 2.65. The Kier molecular flexibility index (Phi) is 6.81. The maximum absolute atomic E-state index is 2.65. The van der Waals surface area contributed by atoms with E-state index in [1.165, 1.54) is 83.9 Å². The molecule has 0 fully saturated rings. The van der Waals surface area contributed by atoms with Gasteiger partial charge in [0.15, 0.2) is 0 Å². The van der Waals surface area contributed by atoms with Crippen molar-refractivity contribution in [1.29, 1.82) is 0 Å². The number of nitrogens with zero attached hydrogens (tertiary/aromatic N) is 1. The Balaban J connectivity index is 1.26. The van der Waals surface area contributed by atoms with Crippen molar-refractivity contribution in [2.24, 2.45) is 5.41 Å². The van der Waals surface area contributed by atoms with Gasteiger partial charge in [-0.1, -0.05) is 182 Å². The van der Waals surface area contributed by atoms with Crippen LogP contribution in [0.2, 0.25) is 0 Å². The fourth-order valence-electron chi connectivity index (χ4n) is 9.87. The Morgan fingerprint density at radius 2 is 1.11 bits per heavy atom. The molecule has 1 spiro atoms. The van der Waals surface area contributed by atoms with Crippen LogP contribution < -0.4 is 4.90 Å². The van der Waals surface area contributed by atoms with E-state index in [9.17, 15) is 0 Å². The minimum atomic E-state index is -0.488. The molecular formula is C53H37N. The van der Waals surface area contributed by atoms with Crippen LogP contribution in [0.1, 0.15) is 28.7 Å². The summed E-state index contributed by atoms with van der Waals surface area (Å²) in [6.07, 6.45) is 13.2. The van der Waals surface area contributed by atoms with Crippen LogP contribution >= 0.6 is 0 Å². The van der Waals surface area contributed by atoms with E-state index < -0.39 is 10.8 Å². The van der Waals surface area contributed by atoms with Gasteiger partial charge in [-0.05, 0) is 98.0 Å². The highest BCUT2D eigenvalue weighted by Gasteiger charge is 2.52. The zero-order valence-electron chi connectivity index (χ0n) is 29.9. The van der Waals surface area contributed by atoms with Crippen LogP contribution in [0.15, 0.2) is 224 Å². The van der Waals surface area contributed by atoms with Gasteiger partial charge >= 0.3 is 0 Å². The van der Waals surface area contributed by atoms with Crippen LogP contribution in [0.3, 0.4) is 0 Å². The predicted molar refractivity (Wildman–Crippen MR) is 224 cm³/mol. The van der Waals surface area contributed by atoms with Crippen LogP contribution in [-0.4, -0.2) is 0 Å². The molecule has 11 rings (SSSR count). The first kappa shape index (κ1) is 30.9. The average Bonchev–Trinajstić information content (AvgIpc) is 3.75. The van der Waals surface area contributed by atoms with E-state index in [2.05, 4.69) is 217 Å². The second-order valence-electron chi connectivity index (χ2n) is 14.9. The van der Waals surface area contributed by atoms with E-state index in [-0.39, 0.29) is 0 Å². The van der Waals surface area contributed by atoms with Crippen molar-refractivity contribution >= 4 is 16.9 Å². The monoisotopic (exact) mass is 687 g/mol. The molecule has 1 heteroatoms. The Morgan fingerprint density at radius 1 is 0.463 bits per heavy atom. The number of anilines is 2. The number of hydrogen-bond acceptors (Lipinski definition) is 1. The molecule has 54 heavy (non-hydrogen) atoms. The number of allylic oxidation sites excluding steroid dienone is 6. The van der Waals surface area contributed by atoms with Gasteiger partial charge in [-0.25, -0.2) is 0 Å². The highest BCUT2D eigenvalue weighted by molar-refractivity contribution is 5.95. The lowest BCUT2D eigenvalue weighted by Crippen LogP contribution is -2.34. The molecule has 0 aromatic heterocycles. The van der Waals surface area contributed by atoms with Gasteiger partial charge in [-0.3, -0.25) is 0 Å². The quantitative estimate of drug-likeness (QED) is 0.174. The molecule has 0 amide bonds. The van der Waals surface area contributed by atoms with Gasteiger partial charge in [0.25, 0.3) is 0 Å². The van der Waals surface area contributed by atoms with Crippen molar-refractivity contribution in [3.63, 3.8) is 0 Å². The van der Waals surface area contributed by atoms with Crippen molar-refractivity contribution in [3.8, 4) is 33.4 Å². The minimum Gasteiger partial charge on any atom is -0.312 e. The number of fused-ring (bicyclic) bond motifs is 5. The Hall–Kier alpha value is -6.70. The first-order chi connectivity index (χ1) is 26.8. The predicted octanol–water partition coefficient (Wildman–Crippen LogP) is 13.3. The Morgan fingerprint density at radius 3 is 1.87 bits per heavy atom. The van der Waals surface area contributed by atoms with Crippen LogP contribution in [0, 0.1) is 5.41 Å². The average molecular weight is 688 g/mol.